The molecule has 1 N–H and O–H groups in total. The third-order valence-electron chi connectivity index (χ3n) is 3.17. The molecule has 0 saturated carbocycles. The Morgan fingerprint density at radius 2 is 2.42 bits per heavy atom. The number of nitrogens with zero attached hydrogens (tertiary/aromatic N) is 3. The summed E-state index contributed by atoms with van der Waals surface area (Å²) in [6, 6.07) is 2.11. The number of halogens is 1. The largest absolute Gasteiger partial charge is 0.354 e. The fraction of sp³-hybridized carbons (Fsp3) is 0.385. The summed E-state index contributed by atoms with van der Waals surface area (Å²) in [5.41, 5.74) is 1.28. The van der Waals surface area contributed by atoms with Crippen LogP contribution >= 0.6 is 11.3 Å². The number of anilines is 2. The minimum atomic E-state index is -0.361. The zero-order chi connectivity index (χ0) is 13.2. The van der Waals surface area contributed by atoms with Crippen LogP contribution in [0.4, 0.5) is 16.2 Å². The summed E-state index contributed by atoms with van der Waals surface area (Å²) in [7, 11) is 0. The van der Waals surface area contributed by atoms with Crippen molar-refractivity contribution in [1.82, 2.24) is 9.97 Å². The zero-order valence-corrected chi connectivity index (χ0v) is 11.5. The van der Waals surface area contributed by atoms with E-state index in [1.54, 1.807) is 11.3 Å². The zero-order valence-electron chi connectivity index (χ0n) is 10.7. The normalized spacial score (nSPS) is 14.3. The summed E-state index contributed by atoms with van der Waals surface area (Å²) in [5.74, 6) is 0.512. The first-order valence-electron chi connectivity index (χ1n) is 6.34. The number of rotatable bonds is 3. The molecule has 0 aromatic carbocycles. The smallest absolute Gasteiger partial charge is 0.224 e. The molecule has 0 saturated heterocycles. The van der Waals surface area contributed by atoms with Crippen molar-refractivity contribution < 1.29 is 4.39 Å². The van der Waals surface area contributed by atoms with Gasteiger partial charge in [0.1, 0.15) is 0 Å². The van der Waals surface area contributed by atoms with E-state index < -0.39 is 0 Å². The molecule has 1 aliphatic rings. The van der Waals surface area contributed by atoms with Crippen LogP contribution < -0.4 is 10.2 Å². The highest BCUT2D eigenvalue weighted by Crippen LogP contribution is 2.28. The Kier molecular flexibility index (Phi) is 3.33. The molecule has 2 aromatic heterocycles. The highest BCUT2D eigenvalue weighted by Gasteiger charge is 2.21. The molecule has 100 valence electrons. The number of hydrogen-bond donors (Lipinski definition) is 1. The van der Waals surface area contributed by atoms with Gasteiger partial charge in [0.25, 0.3) is 0 Å². The van der Waals surface area contributed by atoms with Gasteiger partial charge in [-0.05, 0) is 30.4 Å². The summed E-state index contributed by atoms with van der Waals surface area (Å²) < 4.78 is 13.9. The molecule has 2 aromatic rings. The molecule has 0 aliphatic carbocycles. The molecule has 0 atom stereocenters. The second kappa shape index (κ2) is 5.13. The molecule has 1 aliphatic heterocycles. The van der Waals surface area contributed by atoms with Gasteiger partial charge in [0, 0.05) is 24.5 Å². The topological polar surface area (TPSA) is 41.1 Å². The monoisotopic (exact) mass is 278 g/mol. The maximum atomic E-state index is 13.9. The standard InChI is InChI=1S/C13H15FN4S/c1-2-15-13-16-7-10(14)12(17-13)18-5-3-11-9(8-18)4-6-19-11/h4,6-7H,2-3,5,8H2,1H3,(H,15,16,17). The van der Waals surface area contributed by atoms with Gasteiger partial charge in [-0.3, -0.25) is 0 Å². The Morgan fingerprint density at radius 3 is 3.26 bits per heavy atom. The molecule has 0 radical (unpaired) electrons. The summed E-state index contributed by atoms with van der Waals surface area (Å²) in [5, 5.41) is 5.11. The molecular formula is C13H15FN4S. The van der Waals surface area contributed by atoms with Crippen LogP contribution in [0.15, 0.2) is 17.6 Å². The van der Waals surface area contributed by atoms with Crippen molar-refractivity contribution in [3.63, 3.8) is 0 Å². The number of thiophene rings is 1. The van der Waals surface area contributed by atoms with Crippen molar-refractivity contribution in [3.8, 4) is 0 Å². The Morgan fingerprint density at radius 1 is 1.53 bits per heavy atom. The van der Waals surface area contributed by atoms with Gasteiger partial charge >= 0.3 is 0 Å². The Bertz CT molecular complexity index is 584. The molecular weight excluding hydrogens is 263 g/mol. The van der Waals surface area contributed by atoms with E-state index in [1.165, 1.54) is 16.6 Å². The molecule has 3 heterocycles. The van der Waals surface area contributed by atoms with Crippen molar-refractivity contribution in [3.05, 3.63) is 33.9 Å². The number of nitrogens with one attached hydrogen (secondary N) is 1. The summed E-state index contributed by atoms with van der Waals surface area (Å²) in [6.07, 6.45) is 2.19. The van der Waals surface area contributed by atoms with Crippen LogP contribution in [0.5, 0.6) is 0 Å². The van der Waals surface area contributed by atoms with E-state index in [0.29, 0.717) is 11.8 Å². The SMILES string of the molecule is CCNc1ncc(F)c(N2CCc3sccc3C2)n1. The van der Waals surface area contributed by atoms with Crippen molar-refractivity contribution in [2.75, 3.05) is 23.3 Å². The minimum absolute atomic E-state index is 0.361. The van der Waals surface area contributed by atoms with E-state index >= 15 is 0 Å². The fourth-order valence-corrected chi connectivity index (χ4v) is 3.14. The van der Waals surface area contributed by atoms with Crippen LogP contribution in [0.2, 0.25) is 0 Å². The van der Waals surface area contributed by atoms with Gasteiger partial charge in [0.05, 0.1) is 6.20 Å². The van der Waals surface area contributed by atoms with Crippen LogP contribution in [0.1, 0.15) is 17.4 Å². The van der Waals surface area contributed by atoms with Gasteiger partial charge in [-0.2, -0.15) is 4.98 Å². The molecule has 19 heavy (non-hydrogen) atoms. The van der Waals surface area contributed by atoms with Gasteiger partial charge in [-0.15, -0.1) is 11.3 Å². The molecule has 6 heteroatoms. The molecule has 3 rings (SSSR count). The third-order valence-corrected chi connectivity index (χ3v) is 4.19. The van der Waals surface area contributed by atoms with Crippen LogP contribution in [0.25, 0.3) is 0 Å². The van der Waals surface area contributed by atoms with Crippen LogP contribution in [0, 0.1) is 5.82 Å². The van der Waals surface area contributed by atoms with Gasteiger partial charge < -0.3 is 10.2 Å². The maximum absolute atomic E-state index is 13.9. The van der Waals surface area contributed by atoms with Crippen LogP contribution in [-0.4, -0.2) is 23.1 Å². The van der Waals surface area contributed by atoms with E-state index in [-0.39, 0.29) is 5.82 Å². The highest BCUT2D eigenvalue weighted by molar-refractivity contribution is 7.10. The first-order valence-corrected chi connectivity index (χ1v) is 7.22. The predicted octanol–water partition coefficient (Wildman–Crippen LogP) is 2.67. The first kappa shape index (κ1) is 12.3. The molecule has 0 amide bonds. The summed E-state index contributed by atoms with van der Waals surface area (Å²) in [6.45, 7) is 4.20. The van der Waals surface area contributed by atoms with Gasteiger partial charge in [-0.25, -0.2) is 9.37 Å². The predicted molar refractivity (Wildman–Crippen MR) is 75.2 cm³/mol. The Balaban J connectivity index is 1.88. The van der Waals surface area contributed by atoms with Crippen molar-refractivity contribution in [2.24, 2.45) is 0 Å². The lowest BCUT2D eigenvalue weighted by Gasteiger charge is -2.28. The summed E-state index contributed by atoms with van der Waals surface area (Å²) in [4.78, 5) is 11.6. The number of aromatic nitrogens is 2. The lowest BCUT2D eigenvalue weighted by Crippen LogP contribution is -2.31. The van der Waals surface area contributed by atoms with Gasteiger partial charge in [0.15, 0.2) is 11.6 Å². The Hall–Kier alpha value is -1.69. The molecule has 0 bridgehead atoms. The second-order valence-corrected chi connectivity index (χ2v) is 5.44. The first-order chi connectivity index (χ1) is 9.28. The molecule has 0 unspecified atom stereocenters. The minimum Gasteiger partial charge on any atom is -0.354 e. The lowest BCUT2D eigenvalue weighted by atomic mass is 10.1. The van der Waals surface area contributed by atoms with E-state index in [1.807, 2.05) is 11.8 Å². The molecule has 0 spiro atoms. The van der Waals surface area contributed by atoms with E-state index in [9.17, 15) is 4.39 Å². The van der Waals surface area contributed by atoms with E-state index in [0.717, 1.165) is 26.1 Å². The van der Waals surface area contributed by atoms with Crippen LogP contribution in [-0.2, 0) is 13.0 Å². The van der Waals surface area contributed by atoms with Gasteiger partial charge in [0.2, 0.25) is 5.95 Å². The lowest BCUT2D eigenvalue weighted by molar-refractivity contribution is 0.596. The molecule has 4 nitrogen and oxygen atoms in total. The van der Waals surface area contributed by atoms with E-state index in [4.69, 9.17) is 0 Å². The van der Waals surface area contributed by atoms with Crippen molar-refractivity contribution >= 4 is 23.1 Å². The average Bonchev–Trinajstić information content (AvgIpc) is 2.88. The third kappa shape index (κ3) is 2.40. The number of fused-ring (bicyclic) bond motifs is 1. The average molecular weight is 278 g/mol. The summed E-state index contributed by atoms with van der Waals surface area (Å²) >= 11 is 1.77. The highest BCUT2D eigenvalue weighted by atomic mass is 32.1. The number of hydrogen-bond acceptors (Lipinski definition) is 5. The van der Waals surface area contributed by atoms with Gasteiger partial charge in [-0.1, -0.05) is 0 Å². The molecule has 0 fully saturated rings. The van der Waals surface area contributed by atoms with Crippen molar-refractivity contribution in [2.45, 2.75) is 19.9 Å². The quantitative estimate of drug-likeness (QED) is 0.937. The fourth-order valence-electron chi connectivity index (χ4n) is 2.25. The van der Waals surface area contributed by atoms with Crippen LogP contribution in [0.3, 0.4) is 0 Å². The van der Waals surface area contributed by atoms with Crippen molar-refractivity contribution in [1.29, 1.82) is 0 Å². The maximum Gasteiger partial charge on any atom is 0.224 e. The van der Waals surface area contributed by atoms with E-state index in [2.05, 4.69) is 26.7 Å². The Labute approximate surface area is 115 Å². The second-order valence-electron chi connectivity index (χ2n) is 4.44.